The minimum atomic E-state index is -0.231. The highest BCUT2D eigenvalue weighted by Gasteiger charge is 2.51. The molecule has 0 spiro atoms. The van der Waals surface area contributed by atoms with Crippen molar-refractivity contribution in [2.75, 3.05) is 13.3 Å². The lowest BCUT2D eigenvalue weighted by molar-refractivity contribution is 0.130. The Morgan fingerprint density at radius 3 is 3.04 bits per heavy atom. The molecule has 0 unspecified atom stereocenters. The third-order valence-electron chi connectivity index (χ3n) is 5.33. The molecule has 5 nitrogen and oxygen atoms in total. The zero-order valence-corrected chi connectivity index (χ0v) is 12.2. The van der Waals surface area contributed by atoms with Crippen molar-refractivity contribution in [3.05, 3.63) is 47.0 Å². The smallest absolute Gasteiger partial charge is 0.411 e. The Kier molecular flexibility index (Phi) is 1.95. The van der Waals surface area contributed by atoms with Crippen molar-refractivity contribution < 1.29 is 19.0 Å². The summed E-state index contributed by atoms with van der Waals surface area (Å²) in [6, 6.07) is 10.2. The predicted molar refractivity (Wildman–Crippen MR) is 80.4 cm³/mol. The highest BCUT2D eigenvalue weighted by atomic mass is 16.7. The van der Waals surface area contributed by atoms with Gasteiger partial charge in [-0.3, -0.25) is 4.90 Å². The maximum atomic E-state index is 12.3. The van der Waals surface area contributed by atoms with Gasteiger partial charge in [0.1, 0.15) is 6.04 Å². The van der Waals surface area contributed by atoms with Crippen LogP contribution in [0.3, 0.4) is 0 Å². The second-order valence-corrected chi connectivity index (χ2v) is 6.34. The van der Waals surface area contributed by atoms with E-state index in [0.717, 1.165) is 34.6 Å². The van der Waals surface area contributed by atoms with Crippen LogP contribution in [0.4, 0.5) is 4.79 Å². The van der Waals surface area contributed by atoms with Crippen molar-refractivity contribution in [1.29, 1.82) is 0 Å². The number of carbonyl (C=O) groups is 1. The molecule has 2 atom stereocenters. The molecular weight excluding hydrogens is 294 g/mol. The highest BCUT2D eigenvalue weighted by Crippen LogP contribution is 2.59. The van der Waals surface area contributed by atoms with E-state index in [1.165, 1.54) is 11.1 Å². The Hall–Kier alpha value is -2.69. The van der Waals surface area contributed by atoms with Gasteiger partial charge in [0.05, 0.1) is 0 Å². The van der Waals surface area contributed by atoms with Gasteiger partial charge in [-0.1, -0.05) is 24.3 Å². The van der Waals surface area contributed by atoms with Crippen LogP contribution in [-0.4, -0.2) is 24.3 Å². The van der Waals surface area contributed by atoms with Gasteiger partial charge >= 0.3 is 6.09 Å². The topological polar surface area (TPSA) is 48.0 Å². The molecule has 2 aromatic rings. The van der Waals surface area contributed by atoms with E-state index >= 15 is 0 Å². The van der Waals surface area contributed by atoms with E-state index in [2.05, 4.69) is 12.1 Å². The molecule has 3 heterocycles. The van der Waals surface area contributed by atoms with Crippen LogP contribution in [-0.2, 0) is 11.2 Å². The minimum absolute atomic E-state index is 0.0503. The number of nitrogens with zero attached hydrogens (tertiary/aromatic N) is 1. The number of hydrogen-bond donors (Lipinski definition) is 0. The van der Waals surface area contributed by atoms with E-state index in [9.17, 15) is 4.79 Å². The molecule has 1 saturated heterocycles. The quantitative estimate of drug-likeness (QED) is 0.750. The van der Waals surface area contributed by atoms with Crippen molar-refractivity contribution in [3.8, 4) is 22.6 Å². The SMILES string of the molecule is O=C1O[C@H]2c3ccccc3-c3c4c(cc5c3[C@H]2N1CC5)OCO4. The fourth-order valence-corrected chi connectivity index (χ4v) is 4.42. The second-order valence-electron chi connectivity index (χ2n) is 6.34. The van der Waals surface area contributed by atoms with Gasteiger partial charge in [-0.25, -0.2) is 4.79 Å². The van der Waals surface area contributed by atoms with E-state index in [1.54, 1.807) is 0 Å². The first-order valence-electron chi connectivity index (χ1n) is 7.85. The van der Waals surface area contributed by atoms with Crippen LogP contribution in [0.25, 0.3) is 11.1 Å². The fourth-order valence-electron chi connectivity index (χ4n) is 4.42. The van der Waals surface area contributed by atoms with Crippen molar-refractivity contribution in [3.63, 3.8) is 0 Å². The Bertz CT molecular complexity index is 891. The number of fused-ring (bicyclic) bond motifs is 5. The van der Waals surface area contributed by atoms with E-state index in [4.69, 9.17) is 14.2 Å². The van der Waals surface area contributed by atoms with Crippen molar-refractivity contribution in [1.82, 2.24) is 4.90 Å². The molecule has 2 aromatic carbocycles. The summed E-state index contributed by atoms with van der Waals surface area (Å²) in [6.45, 7) is 0.939. The molecule has 1 amide bonds. The van der Waals surface area contributed by atoms with Crippen LogP contribution in [0.15, 0.2) is 30.3 Å². The predicted octanol–water partition coefficient (Wildman–Crippen LogP) is 3.19. The van der Waals surface area contributed by atoms with Gasteiger partial charge in [-0.15, -0.1) is 0 Å². The summed E-state index contributed by atoms with van der Waals surface area (Å²) in [4.78, 5) is 14.2. The van der Waals surface area contributed by atoms with Gasteiger partial charge in [0.15, 0.2) is 17.6 Å². The standard InChI is InChI=1S/C18H13NO4/c20-18-19-6-5-9-7-12-17(22-8-21-12)14-10-3-1-2-4-11(10)16(23-18)15(19)13(9)14/h1-4,7,15-16H,5-6,8H2/t15-,16+/m1/s1. The highest BCUT2D eigenvalue weighted by molar-refractivity contribution is 5.87. The van der Waals surface area contributed by atoms with Gasteiger partial charge in [0.2, 0.25) is 6.79 Å². The van der Waals surface area contributed by atoms with E-state index < -0.39 is 0 Å². The number of carbonyl (C=O) groups excluding carboxylic acids is 1. The summed E-state index contributed by atoms with van der Waals surface area (Å²) in [5.74, 6) is 1.61. The number of ether oxygens (including phenoxy) is 3. The summed E-state index contributed by atoms with van der Waals surface area (Å²) < 4.78 is 17.1. The van der Waals surface area contributed by atoms with E-state index in [-0.39, 0.29) is 25.0 Å². The first kappa shape index (κ1) is 11.8. The number of rotatable bonds is 0. The van der Waals surface area contributed by atoms with E-state index in [1.807, 2.05) is 23.1 Å². The van der Waals surface area contributed by atoms with Crippen LogP contribution in [0.2, 0.25) is 0 Å². The molecular formula is C18H13NO4. The molecule has 0 N–H and O–H groups in total. The van der Waals surface area contributed by atoms with Crippen LogP contribution in [0, 0.1) is 0 Å². The zero-order valence-electron chi connectivity index (χ0n) is 12.2. The Labute approximate surface area is 132 Å². The lowest BCUT2D eigenvalue weighted by atomic mass is 9.75. The Balaban J connectivity index is 1.76. The summed E-state index contributed by atoms with van der Waals surface area (Å²) in [5, 5.41) is 0. The second kappa shape index (κ2) is 3.79. The van der Waals surface area contributed by atoms with Crippen LogP contribution in [0.5, 0.6) is 11.5 Å². The Morgan fingerprint density at radius 1 is 1.17 bits per heavy atom. The summed E-state index contributed by atoms with van der Waals surface area (Å²) in [5.41, 5.74) is 5.63. The van der Waals surface area contributed by atoms with Crippen molar-refractivity contribution >= 4 is 6.09 Å². The fraction of sp³-hybridized carbons (Fsp3) is 0.278. The molecule has 0 radical (unpaired) electrons. The molecule has 23 heavy (non-hydrogen) atoms. The molecule has 0 saturated carbocycles. The van der Waals surface area contributed by atoms with E-state index in [0.29, 0.717) is 6.54 Å². The molecule has 1 aliphatic carbocycles. The lowest BCUT2D eigenvalue weighted by Gasteiger charge is -2.37. The van der Waals surface area contributed by atoms with Crippen molar-refractivity contribution in [2.24, 2.45) is 0 Å². The molecule has 114 valence electrons. The average Bonchev–Trinajstić information content (AvgIpc) is 3.17. The maximum Gasteiger partial charge on any atom is 0.411 e. The molecule has 5 heteroatoms. The van der Waals surface area contributed by atoms with Crippen molar-refractivity contribution in [2.45, 2.75) is 18.6 Å². The van der Waals surface area contributed by atoms with Crippen LogP contribution in [0.1, 0.15) is 28.8 Å². The summed E-state index contributed by atoms with van der Waals surface area (Å²) in [7, 11) is 0. The lowest BCUT2D eigenvalue weighted by Crippen LogP contribution is -2.36. The molecule has 3 aliphatic heterocycles. The van der Waals surface area contributed by atoms with Gasteiger partial charge in [-0.05, 0) is 29.2 Å². The van der Waals surface area contributed by atoms with Gasteiger partial charge in [-0.2, -0.15) is 0 Å². The molecule has 0 aromatic heterocycles. The number of benzene rings is 2. The first-order valence-corrected chi connectivity index (χ1v) is 7.85. The largest absolute Gasteiger partial charge is 0.454 e. The summed E-state index contributed by atoms with van der Waals surface area (Å²) >= 11 is 0. The normalized spacial score (nSPS) is 25.0. The number of hydrogen-bond acceptors (Lipinski definition) is 4. The first-order chi connectivity index (χ1) is 11.3. The maximum absolute atomic E-state index is 12.3. The van der Waals surface area contributed by atoms with Crippen LogP contribution < -0.4 is 9.47 Å². The van der Waals surface area contributed by atoms with Crippen LogP contribution >= 0.6 is 0 Å². The molecule has 6 rings (SSSR count). The third-order valence-corrected chi connectivity index (χ3v) is 5.33. The number of amides is 1. The zero-order chi connectivity index (χ0) is 15.1. The summed E-state index contributed by atoms with van der Waals surface area (Å²) in [6.07, 6.45) is 0.371. The van der Waals surface area contributed by atoms with Gasteiger partial charge < -0.3 is 14.2 Å². The Morgan fingerprint density at radius 2 is 2.09 bits per heavy atom. The molecule has 1 fully saturated rings. The average molecular weight is 307 g/mol. The minimum Gasteiger partial charge on any atom is -0.454 e. The van der Waals surface area contributed by atoms with Gasteiger partial charge in [0, 0.05) is 17.7 Å². The molecule has 4 aliphatic rings. The van der Waals surface area contributed by atoms with Gasteiger partial charge in [0.25, 0.3) is 0 Å². The molecule has 0 bridgehead atoms. The third kappa shape index (κ3) is 1.28. The monoisotopic (exact) mass is 307 g/mol.